The SMILES string of the molecule is Fc1cc(F)cc(-c2ccc3c(c2)c2cc(-c4cc(F)cc(F)c4)ccc2n3-c2ccccc2-c2ccccc2-c2ccc3ccccc3c2)c1. The van der Waals surface area contributed by atoms with Crippen LogP contribution in [-0.2, 0) is 0 Å². The second-order valence-corrected chi connectivity index (χ2v) is 12.7. The molecule has 0 amide bonds. The summed E-state index contributed by atoms with van der Waals surface area (Å²) < 4.78 is 59.6. The van der Waals surface area contributed by atoms with Gasteiger partial charge in [-0.25, -0.2) is 17.6 Å². The standard InChI is InChI=1S/C46H27F4N/c47-35-20-33(21-36(48)26-35)30-15-17-45-42(24-30)43-25-31(34-22-37(49)27-38(50)23-34)16-18-46(43)51(45)44-12-6-5-11-41(44)40-10-4-3-9-39(40)32-14-13-28-7-1-2-8-29(28)19-32/h1-27H. The summed E-state index contributed by atoms with van der Waals surface area (Å²) in [5.74, 6) is -2.66. The molecular formula is C46H27F4N. The van der Waals surface area contributed by atoms with Crippen molar-refractivity contribution in [2.24, 2.45) is 0 Å². The molecule has 8 aromatic carbocycles. The minimum Gasteiger partial charge on any atom is -0.309 e. The summed E-state index contributed by atoms with van der Waals surface area (Å²) in [7, 11) is 0. The van der Waals surface area contributed by atoms with Gasteiger partial charge in [-0.2, -0.15) is 0 Å². The number of hydrogen-bond donors (Lipinski definition) is 0. The fourth-order valence-electron chi connectivity index (χ4n) is 7.31. The molecule has 5 heteroatoms. The number of fused-ring (bicyclic) bond motifs is 4. The fraction of sp³-hybridized carbons (Fsp3) is 0. The molecule has 0 saturated heterocycles. The van der Waals surface area contributed by atoms with Gasteiger partial charge in [0.25, 0.3) is 0 Å². The normalized spacial score (nSPS) is 11.5. The zero-order chi connectivity index (χ0) is 34.6. The summed E-state index contributed by atoms with van der Waals surface area (Å²) in [6.07, 6.45) is 0. The lowest BCUT2D eigenvalue weighted by Crippen LogP contribution is -1.98. The average Bonchev–Trinajstić information content (AvgIpc) is 3.46. The van der Waals surface area contributed by atoms with Gasteiger partial charge in [-0.3, -0.25) is 0 Å². The molecule has 0 N–H and O–H groups in total. The predicted molar refractivity (Wildman–Crippen MR) is 200 cm³/mol. The number of para-hydroxylation sites is 1. The molecule has 9 rings (SSSR count). The number of benzene rings is 8. The van der Waals surface area contributed by atoms with E-state index in [1.54, 1.807) is 0 Å². The Balaban J connectivity index is 1.30. The van der Waals surface area contributed by atoms with E-state index in [0.29, 0.717) is 22.3 Å². The van der Waals surface area contributed by atoms with Crippen molar-refractivity contribution in [3.63, 3.8) is 0 Å². The lowest BCUT2D eigenvalue weighted by molar-refractivity contribution is 0.583. The van der Waals surface area contributed by atoms with Crippen LogP contribution in [0.3, 0.4) is 0 Å². The van der Waals surface area contributed by atoms with Crippen molar-refractivity contribution in [2.45, 2.75) is 0 Å². The van der Waals surface area contributed by atoms with Gasteiger partial charge in [0.15, 0.2) is 0 Å². The Hall–Kier alpha value is -6.46. The van der Waals surface area contributed by atoms with Crippen LogP contribution in [0.2, 0.25) is 0 Å². The number of rotatable bonds is 5. The first-order valence-corrected chi connectivity index (χ1v) is 16.6. The Morgan fingerprint density at radius 3 is 1.37 bits per heavy atom. The Labute approximate surface area is 291 Å². The minimum atomic E-state index is -0.665. The first-order valence-electron chi connectivity index (χ1n) is 16.6. The Morgan fingerprint density at radius 2 is 0.784 bits per heavy atom. The number of halogens is 4. The van der Waals surface area contributed by atoms with E-state index in [1.165, 1.54) is 29.7 Å². The van der Waals surface area contributed by atoms with Crippen LogP contribution in [0.5, 0.6) is 0 Å². The van der Waals surface area contributed by atoms with E-state index in [-0.39, 0.29) is 0 Å². The zero-order valence-corrected chi connectivity index (χ0v) is 27.0. The lowest BCUT2D eigenvalue weighted by Gasteiger charge is -2.17. The van der Waals surface area contributed by atoms with E-state index in [1.807, 2.05) is 72.8 Å². The molecule has 244 valence electrons. The number of hydrogen-bond acceptors (Lipinski definition) is 0. The second-order valence-electron chi connectivity index (χ2n) is 12.7. The van der Waals surface area contributed by atoms with E-state index >= 15 is 0 Å². The molecule has 1 heterocycles. The molecule has 1 aromatic heterocycles. The molecule has 0 saturated carbocycles. The summed E-state index contributed by atoms with van der Waals surface area (Å²) in [4.78, 5) is 0. The molecule has 0 aliphatic rings. The molecular weight excluding hydrogens is 643 g/mol. The first-order chi connectivity index (χ1) is 24.9. The van der Waals surface area contributed by atoms with Crippen LogP contribution in [0.25, 0.3) is 82.8 Å². The molecule has 0 aliphatic carbocycles. The van der Waals surface area contributed by atoms with Gasteiger partial charge >= 0.3 is 0 Å². The maximum Gasteiger partial charge on any atom is 0.126 e. The number of aromatic nitrogens is 1. The molecule has 51 heavy (non-hydrogen) atoms. The van der Waals surface area contributed by atoms with E-state index in [9.17, 15) is 17.6 Å². The van der Waals surface area contributed by atoms with Crippen LogP contribution < -0.4 is 0 Å². The van der Waals surface area contributed by atoms with Crippen molar-refractivity contribution in [1.82, 2.24) is 4.57 Å². The quantitative estimate of drug-likeness (QED) is 0.161. The van der Waals surface area contributed by atoms with E-state index < -0.39 is 23.3 Å². The van der Waals surface area contributed by atoms with Gasteiger partial charge in [0.2, 0.25) is 0 Å². The van der Waals surface area contributed by atoms with Crippen molar-refractivity contribution >= 4 is 32.6 Å². The van der Waals surface area contributed by atoms with E-state index in [0.717, 1.165) is 67.3 Å². The third-order valence-corrected chi connectivity index (χ3v) is 9.58. The third kappa shape index (κ3) is 5.44. The fourth-order valence-corrected chi connectivity index (χ4v) is 7.31. The highest BCUT2D eigenvalue weighted by molar-refractivity contribution is 6.12. The van der Waals surface area contributed by atoms with Crippen molar-refractivity contribution in [1.29, 1.82) is 0 Å². The largest absolute Gasteiger partial charge is 0.309 e. The molecule has 0 aliphatic heterocycles. The highest BCUT2D eigenvalue weighted by atomic mass is 19.1. The van der Waals surface area contributed by atoms with Gasteiger partial charge in [-0.05, 0) is 110 Å². The molecule has 0 radical (unpaired) electrons. The van der Waals surface area contributed by atoms with Crippen LogP contribution in [0.4, 0.5) is 17.6 Å². The van der Waals surface area contributed by atoms with Gasteiger partial charge in [-0.1, -0.05) is 91.0 Å². The molecule has 0 atom stereocenters. The Morgan fingerprint density at radius 1 is 0.314 bits per heavy atom. The van der Waals surface area contributed by atoms with Crippen LogP contribution in [0.15, 0.2) is 164 Å². The van der Waals surface area contributed by atoms with Crippen molar-refractivity contribution in [3.05, 3.63) is 187 Å². The maximum absolute atomic E-state index is 14.3. The average molecular weight is 670 g/mol. The van der Waals surface area contributed by atoms with E-state index in [2.05, 4.69) is 59.2 Å². The maximum atomic E-state index is 14.3. The zero-order valence-electron chi connectivity index (χ0n) is 27.0. The van der Waals surface area contributed by atoms with Crippen molar-refractivity contribution in [3.8, 4) is 50.2 Å². The van der Waals surface area contributed by atoms with Gasteiger partial charge in [0.1, 0.15) is 23.3 Å². The van der Waals surface area contributed by atoms with Crippen molar-refractivity contribution < 1.29 is 17.6 Å². The van der Waals surface area contributed by atoms with Gasteiger partial charge < -0.3 is 4.57 Å². The monoisotopic (exact) mass is 669 g/mol. The van der Waals surface area contributed by atoms with Gasteiger partial charge in [0, 0.05) is 28.5 Å². The smallest absolute Gasteiger partial charge is 0.126 e. The highest BCUT2D eigenvalue weighted by Gasteiger charge is 2.19. The summed E-state index contributed by atoms with van der Waals surface area (Å²) in [5.41, 5.74) is 8.99. The number of nitrogens with zero attached hydrogens (tertiary/aromatic N) is 1. The predicted octanol–water partition coefficient (Wildman–Crippen LogP) is 13.2. The van der Waals surface area contributed by atoms with Gasteiger partial charge in [-0.15, -0.1) is 0 Å². The second kappa shape index (κ2) is 12.1. The lowest BCUT2D eigenvalue weighted by atomic mass is 9.92. The molecule has 1 nitrogen and oxygen atoms in total. The van der Waals surface area contributed by atoms with Gasteiger partial charge in [0.05, 0.1) is 16.7 Å². The van der Waals surface area contributed by atoms with Crippen LogP contribution in [0.1, 0.15) is 0 Å². The van der Waals surface area contributed by atoms with Crippen LogP contribution >= 0.6 is 0 Å². The molecule has 0 bridgehead atoms. The summed E-state index contributed by atoms with van der Waals surface area (Å²) in [6.45, 7) is 0. The summed E-state index contributed by atoms with van der Waals surface area (Å²) in [5, 5.41) is 3.97. The van der Waals surface area contributed by atoms with Crippen LogP contribution in [-0.4, -0.2) is 4.57 Å². The van der Waals surface area contributed by atoms with Crippen molar-refractivity contribution in [2.75, 3.05) is 0 Å². The van der Waals surface area contributed by atoms with E-state index in [4.69, 9.17) is 0 Å². The third-order valence-electron chi connectivity index (χ3n) is 9.58. The Kier molecular flexibility index (Phi) is 7.29. The minimum absolute atomic E-state index is 0.406. The molecule has 0 spiro atoms. The molecule has 9 aromatic rings. The molecule has 0 unspecified atom stereocenters. The summed E-state index contributed by atoms with van der Waals surface area (Å²) in [6, 6.07) is 49.8. The summed E-state index contributed by atoms with van der Waals surface area (Å²) >= 11 is 0. The Bertz CT molecular complexity index is 2660. The topological polar surface area (TPSA) is 4.93 Å². The molecule has 0 fully saturated rings. The first kappa shape index (κ1) is 30.6. The van der Waals surface area contributed by atoms with Crippen LogP contribution in [0, 0.1) is 23.3 Å². The highest BCUT2D eigenvalue weighted by Crippen LogP contribution is 2.42.